The number of aromatic nitrogens is 2. The van der Waals surface area contributed by atoms with Gasteiger partial charge in [0, 0.05) is 12.3 Å². The van der Waals surface area contributed by atoms with Gasteiger partial charge in [-0.15, -0.1) is 0 Å². The average molecular weight is 422 g/mol. The third-order valence-electron chi connectivity index (χ3n) is 4.53. The molecule has 0 aliphatic carbocycles. The van der Waals surface area contributed by atoms with E-state index in [0.717, 1.165) is 5.39 Å². The van der Waals surface area contributed by atoms with E-state index in [1.165, 1.54) is 0 Å². The summed E-state index contributed by atoms with van der Waals surface area (Å²) in [5.41, 5.74) is 0.160. The van der Waals surface area contributed by atoms with E-state index < -0.39 is 5.60 Å². The van der Waals surface area contributed by atoms with Crippen molar-refractivity contribution < 1.29 is 19.0 Å². The third kappa shape index (κ3) is 5.70. The Balaban J connectivity index is 1.73. The molecule has 1 saturated heterocycles. The maximum atomic E-state index is 12.6. The van der Waals surface area contributed by atoms with Gasteiger partial charge in [-0.05, 0) is 38.8 Å². The molecule has 7 nitrogen and oxygen atoms in total. The first-order chi connectivity index (χ1) is 13.6. The number of ether oxygens (including phenoxy) is 3. The van der Waals surface area contributed by atoms with Crippen LogP contribution in [-0.2, 0) is 9.47 Å². The second-order valence-electron chi connectivity index (χ2n) is 8.56. The quantitative estimate of drug-likeness (QED) is 0.684. The zero-order chi connectivity index (χ0) is 21.2. The van der Waals surface area contributed by atoms with Crippen molar-refractivity contribution in [1.29, 1.82) is 0 Å². The van der Waals surface area contributed by atoms with Gasteiger partial charge in [0.15, 0.2) is 0 Å². The van der Waals surface area contributed by atoms with E-state index in [0.29, 0.717) is 29.6 Å². The molecular weight excluding hydrogens is 394 g/mol. The van der Waals surface area contributed by atoms with Crippen molar-refractivity contribution in [2.75, 3.05) is 19.7 Å². The molecule has 2 aromatic heterocycles. The summed E-state index contributed by atoms with van der Waals surface area (Å²) >= 11 is 6.10. The minimum atomic E-state index is -0.550. The largest absolute Gasteiger partial charge is 0.474 e. The Morgan fingerprint density at radius 3 is 2.83 bits per heavy atom. The zero-order valence-corrected chi connectivity index (χ0v) is 18.3. The van der Waals surface area contributed by atoms with E-state index in [4.69, 9.17) is 25.8 Å². The highest BCUT2D eigenvalue weighted by atomic mass is 35.5. The van der Waals surface area contributed by atoms with Gasteiger partial charge in [-0.25, -0.2) is 9.78 Å². The molecule has 1 fully saturated rings. The van der Waals surface area contributed by atoms with E-state index in [2.05, 4.69) is 23.8 Å². The van der Waals surface area contributed by atoms with E-state index in [9.17, 15) is 4.79 Å². The van der Waals surface area contributed by atoms with Crippen molar-refractivity contribution in [2.24, 2.45) is 5.92 Å². The maximum absolute atomic E-state index is 12.6. The van der Waals surface area contributed by atoms with E-state index >= 15 is 0 Å². The number of nitrogens with zero attached hydrogens (tertiary/aromatic N) is 3. The van der Waals surface area contributed by atoms with Crippen LogP contribution in [0.5, 0.6) is 5.88 Å². The number of halogens is 1. The molecule has 8 heteroatoms. The lowest BCUT2D eigenvalue weighted by Crippen LogP contribution is -2.54. The third-order valence-corrected chi connectivity index (χ3v) is 4.72. The minimum absolute atomic E-state index is 0.101. The van der Waals surface area contributed by atoms with Crippen molar-refractivity contribution in [3.8, 4) is 5.88 Å². The van der Waals surface area contributed by atoms with Gasteiger partial charge in [0.05, 0.1) is 30.1 Å². The van der Waals surface area contributed by atoms with Gasteiger partial charge in [-0.3, -0.25) is 4.98 Å². The van der Waals surface area contributed by atoms with Crippen LogP contribution in [0.15, 0.2) is 24.4 Å². The topological polar surface area (TPSA) is 73.8 Å². The number of hydrogen-bond donors (Lipinski definition) is 0. The number of fused-ring (bicyclic) bond motifs is 1. The number of hydrogen-bond acceptors (Lipinski definition) is 6. The summed E-state index contributed by atoms with van der Waals surface area (Å²) in [6.45, 7) is 10.8. The monoisotopic (exact) mass is 421 g/mol. The highest BCUT2D eigenvalue weighted by molar-refractivity contribution is 6.30. The van der Waals surface area contributed by atoms with Crippen LogP contribution in [0.2, 0.25) is 5.15 Å². The van der Waals surface area contributed by atoms with E-state index in [1.807, 2.05) is 32.9 Å². The molecule has 0 N–H and O–H groups in total. The molecule has 0 unspecified atom stereocenters. The van der Waals surface area contributed by atoms with Crippen LogP contribution < -0.4 is 4.74 Å². The van der Waals surface area contributed by atoms with Crippen LogP contribution in [0.4, 0.5) is 4.79 Å². The Bertz CT molecular complexity index is 869. The fourth-order valence-corrected chi connectivity index (χ4v) is 3.28. The second-order valence-corrected chi connectivity index (χ2v) is 8.94. The van der Waals surface area contributed by atoms with Gasteiger partial charge in [0.25, 0.3) is 0 Å². The summed E-state index contributed by atoms with van der Waals surface area (Å²) in [6, 6.07) is 5.40. The lowest BCUT2D eigenvalue weighted by Gasteiger charge is -2.39. The van der Waals surface area contributed by atoms with Crippen molar-refractivity contribution in [3.05, 3.63) is 29.5 Å². The van der Waals surface area contributed by atoms with Crippen molar-refractivity contribution in [3.63, 3.8) is 0 Å². The second kappa shape index (κ2) is 8.71. The van der Waals surface area contributed by atoms with Crippen LogP contribution in [-0.4, -0.2) is 58.5 Å². The Labute approximate surface area is 176 Å². The highest BCUT2D eigenvalue weighted by Crippen LogP contribution is 2.26. The molecule has 29 heavy (non-hydrogen) atoms. The molecule has 0 radical (unpaired) electrons. The lowest BCUT2D eigenvalue weighted by atomic mass is 10.0. The Morgan fingerprint density at radius 2 is 2.14 bits per heavy atom. The van der Waals surface area contributed by atoms with Crippen LogP contribution in [0.25, 0.3) is 10.9 Å². The van der Waals surface area contributed by atoms with Crippen LogP contribution in [0.3, 0.4) is 0 Å². The SMILES string of the molecule is CC(C)[C@H]1CN(C(=O)OC(C)(C)C)C[C@@H](COc2nc(Cl)cc3ncccc23)O1. The fraction of sp³-hybridized carbons (Fsp3) is 0.571. The molecule has 3 heterocycles. The number of carbonyl (C=O) groups excluding carboxylic acids is 1. The first-order valence-corrected chi connectivity index (χ1v) is 10.2. The average Bonchev–Trinajstić information content (AvgIpc) is 2.64. The summed E-state index contributed by atoms with van der Waals surface area (Å²) in [7, 11) is 0. The molecule has 1 aliphatic rings. The van der Waals surface area contributed by atoms with Gasteiger partial charge in [-0.2, -0.15) is 0 Å². The lowest BCUT2D eigenvalue weighted by molar-refractivity contribution is -0.114. The van der Waals surface area contributed by atoms with Gasteiger partial charge in [-0.1, -0.05) is 25.4 Å². The maximum Gasteiger partial charge on any atom is 0.410 e. The first kappa shape index (κ1) is 21.6. The zero-order valence-electron chi connectivity index (χ0n) is 17.5. The summed E-state index contributed by atoms with van der Waals surface area (Å²) in [5, 5.41) is 1.09. The molecule has 0 aromatic carbocycles. The minimum Gasteiger partial charge on any atom is -0.474 e. The Hall–Kier alpha value is -2.12. The Kier molecular flexibility index (Phi) is 6.49. The summed E-state index contributed by atoms with van der Waals surface area (Å²) in [6.07, 6.45) is 0.942. The number of amides is 1. The van der Waals surface area contributed by atoms with E-state index in [1.54, 1.807) is 17.2 Å². The number of carbonyl (C=O) groups is 1. The van der Waals surface area contributed by atoms with Gasteiger partial charge in [0.2, 0.25) is 5.88 Å². The smallest absolute Gasteiger partial charge is 0.410 e. The predicted octanol–water partition coefficient (Wildman–Crippen LogP) is 4.32. The molecular formula is C21H28ClN3O4. The summed E-state index contributed by atoms with van der Waals surface area (Å²) < 4.78 is 17.7. The number of rotatable bonds is 4. The first-order valence-electron chi connectivity index (χ1n) is 9.80. The standard InChI is InChI=1S/C21H28ClN3O4/c1-13(2)17-11-25(20(26)29-21(3,4)5)10-14(28-17)12-27-19-15-7-6-8-23-16(15)9-18(22)24-19/h6-9,13-14,17H,10-12H2,1-5H3/t14-,17+/m0/s1. The normalized spacial score (nSPS) is 20.2. The fourth-order valence-electron chi connectivity index (χ4n) is 3.10. The van der Waals surface area contributed by atoms with Gasteiger partial charge < -0.3 is 19.1 Å². The number of morpholine rings is 1. The van der Waals surface area contributed by atoms with E-state index in [-0.39, 0.29) is 30.8 Å². The molecule has 0 bridgehead atoms. The molecule has 2 aromatic rings. The predicted molar refractivity (Wildman–Crippen MR) is 111 cm³/mol. The molecule has 1 amide bonds. The summed E-state index contributed by atoms with van der Waals surface area (Å²) in [5.74, 6) is 0.650. The summed E-state index contributed by atoms with van der Waals surface area (Å²) in [4.78, 5) is 22.9. The van der Waals surface area contributed by atoms with Crippen LogP contribution >= 0.6 is 11.6 Å². The van der Waals surface area contributed by atoms with Gasteiger partial charge in [0.1, 0.15) is 23.5 Å². The van der Waals surface area contributed by atoms with Crippen LogP contribution in [0.1, 0.15) is 34.6 Å². The molecule has 0 spiro atoms. The number of pyridine rings is 2. The molecule has 158 valence electrons. The van der Waals surface area contributed by atoms with Crippen molar-refractivity contribution in [1.82, 2.24) is 14.9 Å². The molecule has 0 saturated carbocycles. The molecule has 3 rings (SSSR count). The van der Waals surface area contributed by atoms with Gasteiger partial charge >= 0.3 is 6.09 Å². The van der Waals surface area contributed by atoms with Crippen LogP contribution in [0, 0.1) is 5.92 Å². The highest BCUT2D eigenvalue weighted by Gasteiger charge is 2.34. The molecule has 1 aliphatic heterocycles. The van der Waals surface area contributed by atoms with Crippen molar-refractivity contribution in [2.45, 2.75) is 52.4 Å². The molecule has 2 atom stereocenters. The van der Waals surface area contributed by atoms with Crippen molar-refractivity contribution >= 4 is 28.6 Å². The Morgan fingerprint density at radius 1 is 1.38 bits per heavy atom.